The lowest BCUT2D eigenvalue weighted by Crippen LogP contribution is -2.47. The third-order valence-electron chi connectivity index (χ3n) is 2.88. The molecule has 0 aliphatic carbocycles. The van der Waals surface area contributed by atoms with Crippen LogP contribution in [0.2, 0.25) is 0 Å². The van der Waals surface area contributed by atoms with Crippen LogP contribution in [0.4, 0.5) is 4.79 Å². The zero-order chi connectivity index (χ0) is 13.0. The number of urea groups is 1. The molecule has 0 saturated carbocycles. The standard InChI is InChI=1S/C10H17N3O4/c1-2-7(9(15)16)12-10(17)13-4-3-6(5-13)8(11)14/h6-7H,2-5H2,1H3,(H2,11,14)(H,12,17)(H,15,16)/t6?,7-/m0/s1. The quantitative estimate of drug-likeness (QED) is 0.609. The Bertz CT molecular complexity index is 332. The number of nitrogens with two attached hydrogens (primary N) is 1. The van der Waals surface area contributed by atoms with Crippen LogP contribution in [0.3, 0.4) is 0 Å². The number of carbonyl (C=O) groups excluding carboxylic acids is 2. The molecule has 7 nitrogen and oxygen atoms in total. The molecule has 17 heavy (non-hydrogen) atoms. The Labute approximate surface area is 98.9 Å². The number of primary amides is 1. The predicted octanol–water partition coefficient (Wildman–Crippen LogP) is -0.634. The second-order valence-electron chi connectivity index (χ2n) is 4.08. The molecule has 1 fully saturated rings. The van der Waals surface area contributed by atoms with Crippen LogP contribution < -0.4 is 11.1 Å². The maximum Gasteiger partial charge on any atom is 0.326 e. The number of hydrogen-bond donors (Lipinski definition) is 3. The molecular weight excluding hydrogens is 226 g/mol. The fourth-order valence-electron chi connectivity index (χ4n) is 1.76. The van der Waals surface area contributed by atoms with Crippen molar-refractivity contribution >= 4 is 17.9 Å². The first-order valence-electron chi connectivity index (χ1n) is 5.53. The molecule has 0 aromatic carbocycles. The summed E-state index contributed by atoms with van der Waals surface area (Å²) in [4.78, 5) is 34.8. The fourth-order valence-corrected chi connectivity index (χ4v) is 1.76. The number of nitrogens with one attached hydrogen (secondary N) is 1. The van der Waals surface area contributed by atoms with E-state index in [1.165, 1.54) is 4.90 Å². The Morgan fingerprint density at radius 2 is 2.18 bits per heavy atom. The summed E-state index contributed by atoms with van der Waals surface area (Å²) in [5, 5.41) is 11.2. The van der Waals surface area contributed by atoms with Crippen LogP contribution >= 0.6 is 0 Å². The van der Waals surface area contributed by atoms with E-state index in [-0.39, 0.29) is 12.5 Å². The summed E-state index contributed by atoms with van der Waals surface area (Å²) in [5.41, 5.74) is 5.14. The number of hydrogen-bond acceptors (Lipinski definition) is 3. The Hall–Kier alpha value is -1.79. The van der Waals surface area contributed by atoms with Gasteiger partial charge in [-0.1, -0.05) is 6.92 Å². The Morgan fingerprint density at radius 3 is 2.59 bits per heavy atom. The minimum Gasteiger partial charge on any atom is -0.480 e. The highest BCUT2D eigenvalue weighted by Crippen LogP contribution is 2.15. The zero-order valence-corrected chi connectivity index (χ0v) is 9.68. The molecule has 1 unspecified atom stereocenters. The molecule has 0 bridgehead atoms. The van der Waals surface area contributed by atoms with Gasteiger partial charge in [0, 0.05) is 13.1 Å². The van der Waals surface area contributed by atoms with E-state index >= 15 is 0 Å². The highest BCUT2D eigenvalue weighted by atomic mass is 16.4. The Morgan fingerprint density at radius 1 is 1.53 bits per heavy atom. The summed E-state index contributed by atoms with van der Waals surface area (Å²) in [7, 11) is 0. The second-order valence-corrected chi connectivity index (χ2v) is 4.08. The number of carboxylic acid groups (broad SMARTS) is 1. The molecule has 4 N–H and O–H groups in total. The number of amides is 3. The van der Waals surface area contributed by atoms with Gasteiger partial charge in [-0.3, -0.25) is 4.79 Å². The molecule has 1 heterocycles. The first kappa shape index (κ1) is 13.3. The first-order chi connectivity index (χ1) is 7.95. The molecule has 1 aliphatic heterocycles. The maximum atomic E-state index is 11.7. The summed E-state index contributed by atoms with van der Waals surface area (Å²) in [6.45, 7) is 2.36. The Kier molecular flexibility index (Phi) is 4.30. The van der Waals surface area contributed by atoms with Gasteiger partial charge in [-0.05, 0) is 12.8 Å². The Balaban J connectivity index is 2.49. The third kappa shape index (κ3) is 3.33. The van der Waals surface area contributed by atoms with E-state index < -0.39 is 23.9 Å². The molecule has 7 heteroatoms. The molecule has 0 aromatic rings. The van der Waals surface area contributed by atoms with Gasteiger partial charge >= 0.3 is 12.0 Å². The lowest BCUT2D eigenvalue weighted by Gasteiger charge is -2.20. The van der Waals surface area contributed by atoms with Gasteiger partial charge in [0.05, 0.1) is 5.92 Å². The van der Waals surface area contributed by atoms with Crippen molar-refractivity contribution in [2.45, 2.75) is 25.8 Å². The minimum absolute atomic E-state index is 0.261. The smallest absolute Gasteiger partial charge is 0.326 e. The normalized spacial score (nSPS) is 21.0. The SMILES string of the molecule is CC[C@H](NC(=O)N1CCC(C(N)=O)C1)C(=O)O. The van der Waals surface area contributed by atoms with Crippen LogP contribution in [0.15, 0.2) is 0 Å². The van der Waals surface area contributed by atoms with Gasteiger partial charge < -0.3 is 21.1 Å². The fraction of sp³-hybridized carbons (Fsp3) is 0.700. The van der Waals surface area contributed by atoms with Crippen molar-refractivity contribution in [2.24, 2.45) is 11.7 Å². The molecule has 1 aliphatic rings. The van der Waals surface area contributed by atoms with Crippen molar-refractivity contribution < 1.29 is 19.5 Å². The van der Waals surface area contributed by atoms with Crippen LogP contribution in [0.1, 0.15) is 19.8 Å². The van der Waals surface area contributed by atoms with Gasteiger partial charge in [0.25, 0.3) is 0 Å². The van der Waals surface area contributed by atoms with Crippen molar-refractivity contribution in [3.05, 3.63) is 0 Å². The minimum atomic E-state index is -1.06. The molecule has 96 valence electrons. The number of aliphatic carboxylic acids is 1. The van der Waals surface area contributed by atoms with Gasteiger partial charge in [0.2, 0.25) is 5.91 Å². The lowest BCUT2D eigenvalue weighted by molar-refractivity contribution is -0.139. The molecular formula is C10H17N3O4. The van der Waals surface area contributed by atoms with E-state index in [0.717, 1.165) is 0 Å². The number of carboxylic acids is 1. The second kappa shape index (κ2) is 5.51. The van der Waals surface area contributed by atoms with Crippen molar-refractivity contribution in [1.29, 1.82) is 0 Å². The average Bonchev–Trinajstić information content (AvgIpc) is 2.74. The molecule has 1 saturated heterocycles. The highest BCUT2D eigenvalue weighted by molar-refractivity contribution is 5.84. The number of rotatable bonds is 4. The topological polar surface area (TPSA) is 113 Å². The summed E-state index contributed by atoms with van der Waals surface area (Å²) in [6, 6.07) is -1.35. The van der Waals surface area contributed by atoms with Crippen LogP contribution in [0.5, 0.6) is 0 Å². The summed E-state index contributed by atoms with van der Waals surface area (Å²) in [5.74, 6) is -1.82. The van der Waals surface area contributed by atoms with Crippen LogP contribution in [-0.4, -0.2) is 47.0 Å². The molecule has 0 radical (unpaired) electrons. The van der Waals surface area contributed by atoms with E-state index in [1.54, 1.807) is 6.92 Å². The molecule has 3 amide bonds. The van der Waals surface area contributed by atoms with Crippen molar-refractivity contribution in [1.82, 2.24) is 10.2 Å². The van der Waals surface area contributed by atoms with Crippen LogP contribution in [0.25, 0.3) is 0 Å². The molecule has 1 rings (SSSR count). The van der Waals surface area contributed by atoms with Crippen molar-refractivity contribution in [3.63, 3.8) is 0 Å². The summed E-state index contributed by atoms with van der Waals surface area (Å²) in [6.07, 6.45) is 0.848. The van der Waals surface area contributed by atoms with Crippen LogP contribution in [-0.2, 0) is 9.59 Å². The van der Waals surface area contributed by atoms with E-state index in [9.17, 15) is 14.4 Å². The molecule has 2 atom stereocenters. The predicted molar refractivity (Wildman–Crippen MR) is 59.1 cm³/mol. The van der Waals surface area contributed by atoms with Gasteiger partial charge in [0.1, 0.15) is 6.04 Å². The number of nitrogens with zero attached hydrogens (tertiary/aromatic N) is 1. The summed E-state index contributed by atoms with van der Waals surface area (Å²) >= 11 is 0. The number of likely N-dealkylation sites (tertiary alicyclic amines) is 1. The van der Waals surface area contributed by atoms with Gasteiger partial charge in [-0.15, -0.1) is 0 Å². The lowest BCUT2D eigenvalue weighted by atomic mass is 10.1. The molecule has 0 aromatic heterocycles. The number of carbonyl (C=O) groups is 3. The zero-order valence-electron chi connectivity index (χ0n) is 9.68. The van der Waals surface area contributed by atoms with Crippen molar-refractivity contribution in [3.8, 4) is 0 Å². The third-order valence-corrected chi connectivity index (χ3v) is 2.88. The van der Waals surface area contributed by atoms with E-state index in [2.05, 4.69) is 5.32 Å². The van der Waals surface area contributed by atoms with E-state index in [1.807, 2.05) is 0 Å². The van der Waals surface area contributed by atoms with E-state index in [0.29, 0.717) is 19.4 Å². The monoisotopic (exact) mass is 243 g/mol. The average molecular weight is 243 g/mol. The van der Waals surface area contributed by atoms with E-state index in [4.69, 9.17) is 10.8 Å². The van der Waals surface area contributed by atoms with Gasteiger partial charge in [-0.25, -0.2) is 9.59 Å². The van der Waals surface area contributed by atoms with Crippen molar-refractivity contribution in [2.75, 3.05) is 13.1 Å². The first-order valence-corrected chi connectivity index (χ1v) is 5.53. The van der Waals surface area contributed by atoms with Gasteiger partial charge in [-0.2, -0.15) is 0 Å². The maximum absolute atomic E-state index is 11.7. The highest BCUT2D eigenvalue weighted by Gasteiger charge is 2.31. The summed E-state index contributed by atoms with van der Waals surface area (Å²) < 4.78 is 0. The van der Waals surface area contributed by atoms with Crippen LogP contribution in [0, 0.1) is 5.92 Å². The molecule has 0 spiro atoms. The largest absolute Gasteiger partial charge is 0.480 e. The van der Waals surface area contributed by atoms with Gasteiger partial charge in [0.15, 0.2) is 0 Å².